The molecule has 0 radical (unpaired) electrons. The van der Waals surface area contributed by atoms with Gasteiger partial charge in [0.25, 0.3) is 0 Å². The third-order valence-electron chi connectivity index (χ3n) is 3.62. The van der Waals surface area contributed by atoms with Gasteiger partial charge in [0.1, 0.15) is 0 Å². The summed E-state index contributed by atoms with van der Waals surface area (Å²) in [6.07, 6.45) is 2.59. The standard InChI is InChI=1S/C13H20N4O3S/c1-21(19,20)17-6-4-10(5-7-17)16-12-8-9(13(15)18)2-3-11(12)14/h2-3,8,10,16H,4-7,14H2,1H3,(H2,15,18). The Morgan fingerprint density at radius 3 is 2.48 bits per heavy atom. The number of nitrogens with two attached hydrogens (primary N) is 2. The largest absolute Gasteiger partial charge is 0.397 e. The topological polar surface area (TPSA) is 119 Å². The van der Waals surface area contributed by atoms with E-state index in [4.69, 9.17) is 11.5 Å². The number of primary amides is 1. The molecule has 116 valence electrons. The molecule has 7 nitrogen and oxygen atoms in total. The van der Waals surface area contributed by atoms with Crippen LogP contribution in [-0.4, -0.2) is 44.0 Å². The van der Waals surface area contributed by atoms with E-state index < -0.39 is 15.9 Å². The summed E-state index contributed by atoms with van der Waals surface area (Å²) in [4.78, 5) is 11.2. The number of carbonyl (C=O) groups is 1. The van der Waals surface area contributed by atoms with Crippen LogP contribution in [0, 0.1) is 0 Å². The highest BCUT2D eigenvalue weighted by atomic mass is 32.2. The maximum atomic E-state index is 11.5. The first kappa shape index (κ1) is 15.6. The fourth-order valence-electron chi connectivity index (χ4n) is 2.39. The SMILES string of the molecule is CS(=O)(=O)N1CCC(Nc2cc(C(N)=O)ccc2N)CC1. The number of anilines is 2. The molecule has 0 aromatic heterocycles. The van der Waals surface area contributed by atoms with E-state index in [0.717, 1.165) is 0 Å². The zero-order valence-electron chi connectivity index (χ0n) is 11.9. The van der Waals surface area contributed by atoms with E-state index in [1.165, 1.54) is 10.6 Å². The number of benzene rings is 1. The molecule has 0 unspecified atom stereocenters. The van der Waals surface area contributed by atoms with Crippen LogP contribution in [-0.2, 0) is 10.0 Å². The quantitative estimate of drug-likeness (QED) is 0.686. The van der Waals surface area contributed by atoms with Crippen molar-refractivity contribution >= 4 is 27.3 Å². The predicted molar refractivity (Wildman–Crippen MR) is 82.4 cm³/mol. The average molecular weight is 312 g/mol. The lowest BCUT2D eigenvalue weighted by atomic mass is 10.1. The van der Waals surface area contributed by atoms with Crippen LogP contribution in [0.4, 0.5) is 11.4 Å². The van der Waals surface area contributed by atoms with E-state index in [1.54, 1.807) is 18.2 Å². The molecule has 1 heterocycles. The molecule has 1 fully saturated rings. The van der Waals surface area contributed by atoms with Gasteiger partial charge in [-0.15, -0.1) is 0 Å². The van der Waals surface area contributed by atoms with Gasteiger partial charge >= 0.3 is 0 Å². The monoisotopic (exact) mass is 312 g/mol. The maximum absolute atomic E-state index is 11.5. The normalized spacial score (nSPS) is 17.6. The van der Waals surface area contributed by atoms with Gasteiger partial charge in [-0.2, -0.15) is 0 Å². The van der Waals surface area contributed by atoms with Crippen molar-refractivity contribution in [3.05, 3.63) is 23.8 Å². The van der Waals surface area contributed by atoms with E-state index in [0.29, 0.717) is 42.9 Å². The Kier molecular flexibility index (Phi) is 4.38. The Bertz CT molecular complexity index is 637. The zero-order chi connectivity index (χ0) is 15.6. The van der Waals surface area contributed by atoms with Gasteiger partial charge < -0.3 is 16.8 Å². The summed E-state index contributed by atoms with van der Waals surface area (Å²) in [7, 11) is -3.13. The Balaban J connectivity index is 2.04. The number of amides is 1. The number of rotatable bonds is 4. The van der Waals surface area contributed by atoms with Crippen LogP contribution < -0.4 is 16.8 Å². The molecule has 0 atom stereocenters. The number of hydrogen-bond donors (Lipinski definition) is 3. The van der Waals surface area contributed by atoms with E-state index in [9.17, 15) is 13.2 Å². The van der Waals surface area contributed by atoms with E-state index in [1.807, 2.05) is 0 Å². The Morgan fingerprint density at radius 2 is 1.95 bits per heavy atom. The molecule has 1 aromatic rings. The van der Waals surface area contributed by atoms with Crippen LogP contribution >= 0.6 is 0 Å². The first-order chi connectivity index (χ1) is 9.77. The second kappa shape index (κ2) is 5.90. The Labute approximate surface area is 124 Å². The van der Waals surface area contributed by atoms with Crippen molar-refractivity contribution in [2.45, 2.75) is 18.9 Å². The summed E-state index contributed by atoms with van der Waals surface area (Å²) in [6, 6.07) is 4.96. The summed E-state index contributed by atoms with van der Waals surface area (Å²) in [5.74, 6) is -0.509. The Morgan fingerprint density at radius 1 is 1.33 bits per heavy atom. The first-order valence-electron chi connectivity index (χ1n) is 6.68. The molecule has 1 aliphatic rings. The second-order valence-electron chi connectivity index (χ2n) is 5.25. The second-order valence-corrected chi connectivity index (χ2v) is 7.23. The lowest BCUT2D eigenvalue weighted by Crippen LogP contribution is -2.41. The number of nitrogen functional groups attached to an aromatic ring is 1. The van der Waals surface area contributed by atoms with Crippen molar-refractivity contribution in [1.82, 2.24) is 4.31 Å². The fraction of sp³-hybridized carbons (Fsp3) is 0.462. The van der Waals surface area contributed by atoms with Crippen molar-refractivity contribution in [2.75, 3.05) is 30.4 Å². The van der Waals surface area contributed by atoms with E-state index >= 15 is 0 Å². The molecule has 0 spiro atoms. The van der Waals surface area contributed by atoms with Crippen molar-refractivity contribution in [1.29, 1.82) is 0 Å². The predicted octanol–water partition coefficient (Wildman–Crippen LogP) is 0.204. The number of carbonyl (C=O) groups excluding carboxylic acids is 1. The summed E-state index contributed by atoms with van der Waals surface area (Å²) >= 11 is 0. The summed E-state index contributed by atoms with van der Waals surface area (Å²) in [5.41, 5.74) is 12.7. The molecular weight excluding hydrogens is 292 g/mol. The summed E-state index contributed by atoms with van der Waals surface area (Å²) in [5, 5.41) is 3.26. The summed E-state index contributed by atoms with van der Waals surface area (Å²) < 4.78 is 24.4. The van der Waals surface area contributed by atoms with Gasteiger partial charge in [0.2, 0.25) is 15.9 Å². The molecule has 21 heavy (non-hydrogen) atoms. The van der Waals surface area contributed by atoms with Crippen molar-refractivity contribution in [3.63, 3.8) is 0 Å². The fourth-order valence-corrected chi connectivity index (χ4v) is 3.26. The third kappa shape index (κ3) is 3.85. The third-order valence-corrected chi connectivity index (χ3v) is 4.92. The van der Waals surface area contributed by atoms with Crippen molar-refractivity contribution < 1.29 is 13.2 Å². The molecule has 8 heteroatoms. The molecule has 1 aliphatic heterocycles. The van der Waals surface area contributed by atoms with Gasteiger partial charge in [0, 0.05) is 24.7 Å². The smallest absolute Gasteiger partial charge is 0.248 e. The number of nitrogens with one attached hydrogen (secondary N) is 1. The molecule has 0 bridgehead atoms. The molecule has 1 saturated heterocycles. The highest BCUT2D eigenvalue weighted by Crippen LogP contribution is 2.24. The van der Waals surface area contributed by atoms with Gasteiger partial charge in [0.05, 0.1) is 17.6 Å². The van der Waals surface area contributed by atoms with Crippen LogP contribution in [0.15, 0.2) is 18.2 Å². The van der Waals surface area contributed by atoms with Gasteiger partial charge in [-0.1, -0.05) is 0 Å². The molecule has 5 N–H and O–H groups in total. The minimum atomic E-state index is -3.13. The molecule has 0 aliphatic carbocycles. The van der Waals surface area contributed by atoms with Crippen LogP contribution in [0.2, 0.25) is 0 Å². The van der Waals surface area contributed by atoms with Crippen LogP contribution in [0.5, 0.6) is 0 Å². The molecular formula is C13H20N4O3S. The van der Waals surface area contributed by atoms with Gasteiger partial charge in [-0.05, 0) is 31.0 Å². The van der Waals surface area contributed by atoms with Crippen LogP contribution in [0.3, 0.4) is 0 Å². The molecule has 2 rings (SSSR count). The minimum Gasteiger partial charge on any atom is -0.397 e. The Hall–Kier alpha value is -1.80. The molecule has 1 amide bonds. The highest BCUT2D eigenvalue weighted by molar-refractivity contribution is 7.88. The highest BCUT2D eigenvalue weighted by Gasteiger charge is 2.25. The lowest BCUT2D eigenvalue weighted by molar-refractivity contribution is 0.100. The number of nitrogens with zero attached hydrogens (tertiary/aromatic N) is 1. The van der Waals surface area contributed by atoms with Gasteiger partial charge in [-0.3, -0.25) is 4.79 Å². The number of piperidine rings is 1. The van der Waals surface area contributed by atoms with Gasteiger partial charge in [-0.25, -0.2) is 12.7 Å². The van der Waals surface area contributed by atoms with E-state index in [2.05, 4.69) is 5.32 Å². The molecule has 1 aromatic carbocycles. The summed E-state index contributed by atoms with van der Waals surface area (Å²) in [6.45, 7) is 0.956. The zero-order valence-corrected chi connectivity index (χ0v) is 12.7. The maximum Gasteiger partial charge on any atom is 0.248 e. The molecule has 0 saturated carbocycles. The van der Waals surface area contributed by atoms with Crippen molar-refractivity contribution in [2.24, 2.45) is 5.73 Å². The average Bonchev–Trinajstić information content (AvgIpc) is 2.40. The van der Waals surface area contributed by atoms with E-state index in [-0.39, 0.29) is 6.04 Å². The van der Waals surface area contributed by atoms with Crippen molar-refractivity contribution in [3.8, 4) is 0 Å². The first-order valence-corrected chi connectivity index (χ1v) is 8.53. The van der Waals surface area contributed by atoms with Crippen LogP contribution in [0.25, 0.3) is 0 Å². The number of hydrogen-bond acceptors (Lipinski definition) is 5. The van der Waals surface area contributed by atoms with Crippen LogP contribution in [0.1, 0.15) is 23.2 Å². The minimum absolute atomic E-state index is 0.119. The number of sulfonamides is 1. The lowest BCUT2D eigenvalue weighted by Gasteiger charge is -2.31. The van der Waals surface area contributed by atoms with Gasteiger partial charge in [0.15, 0.2) is 0 Å².